The van der Waals surface area contributed by atoms with E-state index < -0.39 is 23.5 Å². The monoisotopic (exact) mass is 265 g/mol. The smallest absolute Gasteiger partial charge is 0.194 e. The molecule has 0 aromatic heterocycles. The lowest BCUT2D eigenvalue weighted by Crippen LogP contribution is -2.16. The van der Waals surface area contributed by atoms with Crippen molar-refractivity contribution in [1.82, 2.24) is 0 Å². The average Bonchev–Trinajstić information content (AvgIpc) is 2.39. The van der Waals surface area contributed by atoms with Gasteiger partial charge in [0.2, 0.25) is 0 Å². The summed E-state index contributed by atoms with van der Waals surface area (Å²) in [6.45, 7) is 3.77. The van der Waals surface area contributed by atoms with E-state index in [4.69, 9.17) is 5.73 Å². The van der Waals surface area contributed by atoms with E-state index in [1.807, 2.05) is 19.9 Å². The van der Waals surface area contributed by atoms with Crippen LogP contribution in [0.1, 0.15) is 28.3 Å². The summed E-state index contributed by atoms with van der Waals surface area (Å²) in [7, 11) is 0. The van der Waals surface area contributed by atoms with Crippen LogP contribution in [0.5, 0.6) is 0 Å². The average molecular weight is 265 g/mol. The molecule has 0 aliphatic heterocycles. The molecule has 2 aromatic carbocycles. The largest absolute Gasteiger partial charge is 0.320 e. The molecule has 0 bridgehead atoms. The zero-order valence-electron chi connectivity index (χ0n) is 10.7. The Labute approximate surface area is 109 Å². The maximum absolute atomic E-state index is 13.7. The summed E-state index contributed by atoms with van der Waals surface area (Å²) in [5, 5.41) is 0. The Morgan fingerprint density at radius 2 is 1.58 bits per heavy atom. The SMILES string of the molecule is Cc1cccc(C(N)c2ccc(F)c(F)c2F)c1C. The van der Waals surface area contributed by atoms with Crippen molar-refractivity contribution < 1.29 is 13.2 Å². The van der Waals surface area contributed by atoms with E-state index in [1.54, 1.807) is 12.1 Å². The van der Waals surface area contributed by atoms with Crippen molar-refractivity contribution in [2.24, 2.45) is 5.73 Å². The Bertz CT molecular complexity index is 623. The van der Waals surface area contributed by atoms with E-state index in [2.05, 4.69) is 0 Å². The van der Waals surface area contributed by atoms with Crippen LogP contribution in [-0.4, -0.2) is 0 Å². The first-order chi connectivity index (χ1) is 8.93. The lowest BCUT2D eigenvalue weighted by Gasteiger charge is -2.17. The van der Waals surface area contributed by atoms with Gasteiger partial charge >= 0.3 is 0 Å². The molecule has 0 spiro atoms. The first kappa shape index (κ1) is 13.6. The number of nitrogens with two attached hydrogens (primary N) is 1. The topological polar surface area (TPSA) is 26.0 Å². The molecule has 1 atom stereocenters. The third kappa shape index (κ3) is 2.36. The fourth-order valence-electron chi connectivity index (χ4n) is 2.06. The molecule has 0 saturated heterocycles. The zero-order valence-corrected chi connectivity index (χ0v) is 10.7. The molecule has 0 heterocycles. The summed E-state index contributed by atoms with van der Waals surface area (Å²) < 4.78 is 39.9. The van der Waals surface area contributed by atoms with Gasteiger partial charge in [0.1, 0.15) is 0 Å². The summed E-state index contributed by atoms with van der Waals surface area (Å²) >= 11 is 0. The second-order valence-corrected chi connectivity index (χ2v) is 4.53. The predicted octanol–water partition coefficient (Wildman–Crippen LogP) is 3.77. The highest BCUT2D eigenvalue weighted by atomic mass is 19.2. The van der Waals surface area contributed by atoms with Gasteiger partial charge in [-0.2, -0.15) is 0 Å². The number of hydrogen-bond donors (Lipinski definition) is 1. The van der Waals surface area contributed by atoms with E-state index in [0.29, 0.717) is 5.56 Å². The molecule has 0 aliphatic rings. The van der Waals surface area contributed by atoms with E-state index in [0.717, 1.165) is 17.2 Å². The Morgan fingerprint density at radius 3 is 2.26 bits per heavy atom. The standard InChI is InChI=1S/C15H14F3N/c1-8-4-3-5-10(9(8)2)15(19)11-6-7-12(16)14(18)13(11)17/h3-7,15H,19H2,1-2H3. The highest BCUT2D eigenvalue weighted by Crippen LogP contribution is 2.27. The van der Waals surface area contributed by atoms with Crippen LogP contribution in [0.15, 0.2) is 30.3 Å². The van der Waals surface area contributed by atoms with Crippen LogP contribution in [0.25, 0.3) is 0 Å². The van der Waals surface area contributed by atoms with Gasteiger partial charge in [0, 0.05) is 5.56 Å². The molecule has 2 N–H and O–H groups in total. The number of aryl methyl sites for hydroxylation is 1. The third-order valence-electron chi connectivity index (χ3n) is 3.38. The zero-order chi connectivity index (χ0) is 14.2. The molecule has 1 unspecified atom stereocenters. The normalized spacial score (nSPS) is 12.5. The van der Waals surface area contributed by atoms with Crippen molar-refractivity contribution in [2.75, 3.05) is 0 Å². The minimum Gasteiger partial charge on any atom is -0.320 e. The van der Waals surface area contributed by atoms with E-state index in [9.17, 15) is 13.2 Å². The van der Waals surface area contributed by atoms with Gasteiger partial charge in [0.15, 0.2) is 17.5 Å². The van der Waals surface area contributed by atoms with Crippen LogP contribution in [0.3, 0.4) is 0 Å². The van der Waals surface area contributed by atoms with Gasteiger partial charge in [-0.15, -0.1) is 0 Å². The predicted molar refractivity (Wildman–Crippen MR) is 68.3 cm³/mol. The maximum Gasteiger partial charge on any atom is 0.194 e. The van der Waals surface area contributed by atoms with Gasteiger partial charge < -0.3 is 5.73 Å². The fraction of sp³-hybridized carbons (Fsp3) is 0.200. The molecule has 0 amide bonds. The molecule has 0 radical (unpaired) electrons. The summed E-state index contributed by atoms with van der Waals surface area (Å²) in [5.41, 5.74) is 8.55. The van der Waals surface area contributed by atoms with Crippen molar-refractivity contribution in [1.29, 1.82) is 0 Å². The Kier molecular flexibility index (Phi) is 3.62. The highest BCUT2D eigenvalue weighted by molar-refractivity contribution is 5.40. The summed E-state index contributed by atoms with van der Waals surface area (Å²) in [6, 6.07) is 6.71. The van der Waals surface area contributed by atoms with E-state index >= 15 is 0 Å². The highest BCUT2D eigenvalue weighted by Gasteiger charge is 2.20. The lowest BCUT2D eigenvalue weighted by molar-refractivity contribution is 0.438. The summed E-state index contributed by atoms with van der Waals surface area (Å²) in [6.07, 6.45) is 0. The van der Waals surface area contributed by atoms with Crippen LogP contribution in [0.4, 0.5) is 13.2 Å². The van der Waals surface area contributed by atoms with Crippen molar-refractivity contribution in [3.63, 3.8) is 0 Å². The van der Waals surface area contributed by atoms with Crippen LogP contribution in [0.2, 0.25) is 0 Å². The molecule has 0 saturated carbocycles. The molecule has 19 heavy (non-hydrogen) atoms. The van der Waals surface area contributed by atoms with Crippen molar-refractivity contribution in [3.8, 4) is 0 Å². The molecule has 100 valence electrons. The Morgan fingerprint density at radius 1 is 0.895 bits per heavy atom. The van der Waals surface area contributed by atoms with Crippen LogP contribution in [0, 0.1) is 31.3 Å². The van der Waals surface area contributed by atoms with Gasteiger partial charge in [0.25, 0.3) is 0 Å². The number of rotatable bonds is 2. The van der Waals surface area contributed by atoms with Gasteiger partial charge in [-0.1, -0.05) is 24.3 Å². The van der Waals surface area contributed by atoms with Gasteiger partial charge in [-0.3, -0.25) is 0 Å². The summed E-state index contributed by atoms with van der Waals surface area (Å²) in [5.74, 6) is -3.93. The number of hydrogen-bond acceptors (Lipinski definition) is 1. The molecule has 0 aliphatic carbocycles. The van der Waals surface area contributed by atoms with Crippen molar-refractivity contribution in [3.05, 3.63) is 70.0 Å². The van der Waals surface area contributed by atoms with Gasteiger partial charge in [-0.25, -0.2) is 13.2 Å². The molecule has 0 fully saturated rings. The number of benzene rings is 2. The second kappa shape index (κ2) is 5.05. The quantitative estimate of drug-likeness (QED) is 0.822. The van der Waals surface area contributed by atoms with Crippen molar-refractivity contribution >= 4 is 0 Å². The molecule has 2 aromatic rings. The van der Waals surface area contributed by atoms with Crippen LogP contribution >= 0.6 is 0 Å². The molecular formula is C15H14F3N. The van der Waals surface area contributed by atoms with E-state index in [1.165, 1.54) is 6.07 Å². The fourth-order valence-corrected chi connectivity index (χ4v) is 2.06. The molecule has 1 nitrogen and oxygen atoms in total. The Hall–Kier alpha value is -1.81. The first-order valence-corrected chi connectivity index (χ1v) is 5.88. The number of halogens is 3. The molecular weight excluding hydrogens is 251 g/mol. The van der Waals surface area contributed by atoms with Crippen molar-refractivity contribution in [2.45, 2.75) is 19.9 Å². The molecule has 2 rings (SSSR count). The molecule has 4 heteroatoms. The maximum atomic E-state index is 13.7. The van der Waals surface area contributed by atoms with Crippen LogP contribution in [-0.2, 0) is 0 Å². The first-order valence-electron chi connectivity index (χ1n) is 5.88. The van der Waals surface area contributed by atoms with Crippen LogP contribution < -0.4 is 5.73 Å². The van der Waals surface area contributed by atoms with Gasteiger partial charge in [-0.05, 0) is 36.6 Å². The minimum atomic E-state index is -1.49. The summed E-state index contributed by atoms with van der Waals surface area (Å²) in [4.78, 5) is 0. The third-order valence-corrected chi connectivity index (χ3v) is 3.38. The lowest BCUT2D eigenvalue weighted by atomic mass is 9.93. The Balaban J connectivity index is 2.53. The minimum absolute atomic E-state index is 0.0485. The van der Waals surface area contributed by atoms with E-state index in [-0.39, 0.29) is 5.56 Å². The second-order valence-electron chi connectivity index (χ2n) is 4.53. The van der Waals surface area contributed by atoms with Gasteiger partial charge in [0.05, 0.1) is 6.04 Å².